The Labute approximate surface area is 152 Å². The van der Waals surface area contributed by atoms with Gasteiger partial charge >= 0.3 is 0 Å². The summed E-state index contributed by atoms with van der Waals surface area (Å²) in [6, 6.07) is 6.40. The zero-order valence-electron chi connectivity index (χ0n) is 14.2. The Morgan fingerprint density at radius 2 is 2.28 bits per heavy atom. The van der Waals surface area contributed by atoms with Gasteiger partial charge in [-0.1, -0.05) is 6.07 Å². The number of fused-ring (bicyclic) bond motifs is 1. The second kappa shape index (κ2) is 7.64. The van der Waals surface area contributed by atoms with Gasteiger partial charge in [-0.15, -0.1) is 0 Å². The van der Waals surface area contributed by atoms with Crippen molar-refractivity contribution in [3.63, 3.8) is 0 Å². The maximum Gasteiger partial charge on any atom is 0.227 e. The molecule has 4 heterocycles. The number of ether oxygens (including phenoxy) is 1. The Hall–Kier alpha value is -1.76. The quantitative estimate of drug-likeness (QED) is 0.841. The van der Waals surface area contributed by atoms with Crippen molar-refractivity contribution in [1.82, 2.24) is 14.8 Å². The van der Waals surface area contributed by atoms with Crippen molar-refractivity contribution >= 4 is 17.2 Å². The molecule has 0 saturated carbocycles. The van der Waals surface area contributed by atoms with Crippen LogP contribution < -0.4 is 0 Å². The minimum absolute atomic E-state index is 0.226. The molecule has 2 aromatic heterocycles. The summed E-state index contributed by atoms with van der Waals surface area (Å²) in [5.41, 5.74) is 2.33. The molecule has 0 radical (unpaired) electrons. The number of nitrogens with zero attached hydrogens (tertiary/aromatic N) is 3. The van der Waals surface area contributed by atoms with E-state index < -0.39 is 0 Å². The minimum Gasteiger partial charge on any atom is -0.375 e. The summed E-state index contributed by atoms with van der Waals surface area (Å²) in [4.78, 5) is 21.4. The molecule has 0 bridgehead atoms. The second-order valence-electron chi connectivity index (χ2n) is 6.75. The summed E-state index contributed by atoms with van der Waals surface area (Å²) in [5, 5.41) is 4.09. The maximum atomic E-state index is 12.7. The fraction of sp³-hybridized carbons (Fsp3) is 0.474. The number of morpholine rings is 1. The highest BCUT2D eigenvalue weighted by Gasteiger charge is 2.38. The summed E-state index contributed by atoms with van der Waals surface area (Å²) in [6.45, 7) is 4.09. The van der Waals surface area contributed by atoms with E-state index in [1.54, 1.807) is 17.5 Å². The monoisotopic (exact) mass is 357 g/mol. The summed E-state index contributed by atoms with van der Waals surface area (Å²) < 4.78 is 5.99. The molecule has 4 rings (SSSR count). The third-order valence-corrected chi connectivity index (χ3v) is 5.83. The van der Waals surface area contributed by atoms with Crippen molar-refractivity contribution in [2.75, 3.05) is 26.2 Å². The molecule has 2 saturated heterocycles. The fourth-order valence-electron chi connectivity index (χ4n) is 3.77. The lowest BCUT2D eigenvalue weighted by atomic mass is 9.97. The molecule has 6 heteroatoms. The van der Waals surface area contributed by atoms with Gasteiger partial charge in [-0.3, -0.25) is 14.7 Å². The first-order valence-corrected chi connectivity index (χ1v) is 9.77. The number of rotatable bonds is 4. The van der Waals surface area contributed by atoms with Crippen molar-refractivity contribution < 1.29 is 9.53 Å². The SMILES string of the molecule is O=C(Cc1ccsc1)N1CC[C@@H]2OCCN(Cc3cccnc3)[C@H]2C1. The second-order valence-corrected chi connectivity index (χ2v) is 7.53. The number of carbonyl (C=O) groups is 1. The topological polar surface area (TPSA) is 45.7 Å². The first kappa shape index (κ1) is 16.7. The van der Waals surface area contributed by atoms with Gasteiger partial charge in [-0.25, -0.2) is 0 Å². The van der Waals surface area contributed by atoms with Crippen molar-refractivity contribution in [3.8, 4) is 0 Å². The van der Waals surface area contributed by atoms with Crippen LogP contribution in [0, 0.1) is 0 Å². The van der Waals surface area contributed by atoms with Gasteiger partial charge in [0.05, 0.1) is 25.2 Å². The van der Waals surface area contributed by atoms with E-state index in [0.717, 1.165) is 44.8 Å². The smallest absolute Gasteiger partial charge is 0.227 e. The van der Waals surface area contributed by atoms with Crippen LogP contribution in [0.25, 0.3) is 0 Å². The number of amides is 1. The lowest BCUT2D eigenvalue weighted by molar-refractivity contribution is -0.142. The Kier molecular flexibility index (Phi) is 5.10. The van der Waals surface area contributed by atoms with Crippen LogP contribution in [0.1, 0.15) is 17.5 Å². The number of carbonyl (C=O) groups excluding carboxylic acids is 1. The van der Waals surface area contributed by atoms with Gasteiger partial charge in [0.2, 0.25) is 5.91 Å². The molecule has 2 fully saturated rings. The van der Waals surface area contributed by atoms with Crippen LogP contribution in [0.5, 0.6) is 0 Å². The number of thiophene rings is 1. The number of likely N-dealkylation sites (tertiary alicyclic amines) is 1. The minimum atomic E-state index is 0.226. The number of pyridine rings is 1. The van der Waals surface area contributed by atoms with Gasteiger partial charge in [0.1, 0.15) is 0 Å². The number of piperidine rings is 1. The highest BCUT2D eigenvalue weighted by atomic mass is 32.1. The predicted octanol–water partition coefficient (Wildman–Crippen LogP) is 2.19. The predicted molar refractivity (Wildman–Crippen MR) is 97.4 cm³/mol. The highest BCUT2D eigenvalue weighted by molar-refractivity contribution is 7.08. The first-order valence-electron chi connectivity index (χ1n) is 8.83. The van der Waals surface area contributed by atoms with Crippen LogP contribution in [0.4, 0.5) is 0 Å². The van der Waals surface area contributed by atoms with Crippen LogP contribution >= 0.6 is 11.3 Å². The zero-order valence-corrected chi connectivity index (χ0v) is 15.0. The van der Waals surface area contributed by atoms with Crippen molar-refractivity contribution in [2.45, 2.75) is 31.5 Å². The Bertz CT molecular complexity index is 692. The fourth-order valence-corrected chi connectivity index (χ4v) is 4.44. The molecule has 2 aliphatic rings. The molecule has 2 aliphatic heterocycles. The molecule has 0 N–H and O–H groups in total. The molecule has 1 amide bonds. The highest BCUT2D eigenvalue weighted by Crippen LogP contribution is 2.25. The van der Waals surface area contributed by atoms with E-state index in [1.165, 1.54) is 5.56 Å². The van der Waals surface area contributed by atoms with Crippen LogP contribution in [0.2, 0.25) is 0 Å². The Morgan fingerprint density at radius 1 is 1.32 bits per heavy atom. The van der Waals surface area contributed by atoms with E-state index in [0.29, 0.717) is 6.42 Å². The van der Waals surface area contributed by atoms with Crippen LogP contribution in [0.3, 0.4) is 0 Å². The Morgan fingerprint density at radius 3 is 3.08 bits per heavy atom. The van der Waals surface area contributed by atoms with Gasteiger partial charge in [0, 0.05) is 38.6 Å². The molecule has 0 aliphatic carbocycles. The van der Waals surface area contributed by atoms with Crippen LogP contribution in [-0.4, -0.2) is 59.1 Å². The van der Waals surface area contributed by atoms with Gasteiger partial charge in [-0.2, -0.15) is 11.3 Å². The van der Waals surface area contributed by atoms with Crippen molar-refractivity contribution in [2.24, 2.45) is 0 Å². The van der Waals surface area contributed by atoms with E-state index in [9.17, 15) is 4.79 Å². The van der Waals surface area contributed by atoms with E-state index >= 15 is 0 Å². The lowest BCUT2D eigenvalue weighted by Gasteiger charge is -2.47. The largest absolute Gasteiger partial charge is 0.375 e. The lowest BCUT2D eigenvalue weighted by Crippen LogP contribution is -2.60. The normalized spacial score (nSPS) is 24.1. The Balaban J connectivity index is 1.42. The van der Waals surface area contributed by atoms with E-state index in [1.807, 2.05) is 28.6 Å². The van der Waals surface area contributed by atoms with Crippen molar-refractivity contribution in [3.05, 3.63) is 52.5 Å². The van der Waals surface area contributed by atoms with Gasteiger partial charge in [0.15, 0.2) is 0 Å². The zero-order chi connectivity index (χ0) is 17.1. The van der Waals surface area contributed by atoms with Gasteiger partial charge in [0.25, 0.3) is 0 Å². The van der Waals surface area contributed by atoms with E-state index in [-0.39, 0.29) is 18.1 Å². The third-order valence-electron chi connectivity index (χ3n) is 5.10. The molecule has 2 aromatic rings. The van der Waals surface area contributed by atoms with E-state index in [4.69, 9.17) is 4.74 Å². The number of aromatic nitrogens is 1. The van der Waals surface area contributed by atoms with E-state index in [2.05, 4.69) is 21.3 Å². The summed E-state index contributed by atoms with van der Waals surface area (Å²) in [6.07, 6.45) is 5.38. The molecule has 25 heavy (non-hydrogen) atoms. The standard InChI is InChI=1S/C19H23N3O2S/c23-19(10-15-4-9-25-14-15)22-6-3-18-17(13-22)21(7-8-24-18)12-16-2-1-5-20-11-16/h1-2,4-5,9,11,14,17-18H,3,6-8,10,12-13H2/t17-,18-/m0/s1. The average Bonchev–Trinajstić information content (AvgIpc) is 3.15. The first-order chi connectivity index (χ1) is 12.3. The van der Waals surface area contributed by atoms with Gasteiger partial charge < -0.3 is 9.64 Å². The summed E-state index contributed by atoms with van der Waals surface area (Å²) >= 11 is 1.64. The average molecular weight is 357 g/mol. The molecule has 5 nitrogen and oxygen atoms in total. The molecule has 2 atom stereocenters. The maximum absolute atomic E-state index is 12.7. The molecule has 0 aromatic carbocycles. The number of hydrogen-bond donors (Lipinski definition) is 0. The third kappa shape index (κ3) is 3.92. The van der Waals surface area contributed by atoms with Crippen molar-refractivity contribution in [1.29, 1.82) is 0 Å². The number of hydrogen-bond acceptors (Lipinski definition) is 5. The van der Waals surface area contributed by atoms with Gasteiger partial charge in [-0.05, 0) is 40.4 Å². The summed E-state index contributed by atoms with van der Waals surface area (Å²) in [7, 11) is 0. The molecular weight excluding hydrogens is 334 g/mol. The molecule has 0 unspecified atom stereocenters. The molecular formula is C19H23N3O2S. The molecule has 0 spiro atoms. The molecule has 132 valence electrons. The van der Waals surface area contributed by atoms with Crippen LogP contribution in [0.15, 0.2) is 41.4 Å². The van der Waals surface area contributed by atoms with Crippen LogP contribution in [-0.2, 0) is 22.5 Å². The summed E-state index contributed by atoms with van der Waals surface area (Å²) in [5.74, 6) is 0.226.